The number of aromatic nitrogens is 2. The van der Waals surface area contributed by atoms with Gasteiger partial charge in [0.25, 0.3) is 5.91 Å². The van der Waals surface area contributed by atoms with Crippen LogP contribution in [0.25, 0.3) is 0 Å². The number of hydrogen-bond donors (Lipinski definition) is 1. The molecular weight excluding hydrogens is 244 g/mol. The average molecular weight is 247 g/mol. The fourth-order valence-corrected chi connectivity index (χ4v) is 0.994. The van der Waals surface area contributed by atoms with Crippen LogP contribution in [-0.2, 0) is 12.5 Å². The van der Waals surface area contributed by atoms with Crippen molar-refractivity contribution in [1.29, 1.82) is 0 Å². The van der Waals surface area contributed by atoms with E-state index >= 15 is 0 Å². The monoisotopic (exact) mass is 247 g/mol. The Hall–Kier alpha value is -1.74. The number of carbonyl (C=O) groups excluding carboxylic acids is 1. The van der Waals surface area contributed by atoms with Crippen LogP contribution in [0.15, 0.2) is 6.20 Å². The zero-order valence-electron chi connectivity index (χ0n) is 7.23. The van der Waals surface area contributed by atoms with Crippen LogP contribution in [0.2, 0.25) is 0 Å². The molecule has 0 radical (unpaired) electrons. The van der Waals surface area contributed by atoms with Gasteiger partial charge in [0.2, 0.25) is 0 Å². The Morgan fingerprint density at radius 1 is 1.25 bits per heavy atom. The van der Waals surface area contributed by atoms with E-state index in [1.54, 1.807) is 0 Å². The summed E-state index contributed by atoms with van der Waals surface area (Å²) in [6.07, 6.45) is -10.6. The number of carbonyl (C=O) groups is 1. The van der Waals surface area contributed by atoms with Crippen LogP contribution < -0.4 is 5.73 Å². The Balaban J connectivity index is 3.50. The van der Waals surface area contributed by atoms with Crippen molar-refractivity contribution in [3.63, 3.8) is 0 Å². The second-order valence-corrected chi connectivity index (χ2v) is 2.65. The number of alkyl halides is 6. The van der Waals surface area contributed by atoms with E-state index in [9.17, 15) is 31.1 Å². The van der Waals surface area contributed by atoms with Gasteiger partial charge in [-0.3, -0.25) is 4.79 Å². The van der Waals surface area contributed by atoms with E-state index in [4.69, 9.17) is 0 Å². The molecular formula is C6H3F6N3O. The maximum absolute atomic E-state index is 12.3. The molecule has 4 nitrogen and oxygen atoms in total. The summed E-state index contributed by atoms with van der Waals surface area (Å²) in [6, 6.07) is 0. The van der Waals surface area contributed by atoms with Crippen LogP contribution in [-0.4, -0.2) is 15.7 Å². The van der Waals surface area contributed by atoms with Crippen LogP contribution in [0, 0.1) is 0 Å². The summed E-state index contributed by atoms with van der Waals surface area (Å²) in [5.41, 5.74) is 0.950. The van der Waals surface area contributed by atoms with E-state index in [0.717, 1.165) is 0 Å². The minimum atomic E-state index is -5.38. The second kappa shape index (κ2) is 3.39. The fourth-order valence-electron chi connectivity index (χ4n) is 0.994. The molecule has 0 spiro atoms. The third kappa shape index (κ3) is 2.09. The zero-order valence-corrected chi connectivity index (χ0v) is 7.23. The van der Waals surface area contributed by atoms with Crippen molar-refractivity contribution in [2.75, 3.05) is 0 Å². The molecule has 1 aromatic heterocycles. The molecule has 0 bridgehead atoms. The highest BCUT2D eigenvalue weighted by Gasteiger charge is 2.47. The first-order valence-corrected chi connectivity index (χ1v) is 3.57. The van der Waals surface area contributed by atoms with Crippen molar-refractivity contribution in [1.82, 2.24) is 9.78 Å². The van der Waals surface area contributed by atoms with Gasteiger partial charge in [-0.25, -0.2) is 0 Å². The molecule has 0 aromatic carbocycles. The summed E-state index contributed by atoms with van der Waals surface area (Å²) < 4.78 is 71.9. The van der Waals surface area contributed by atoms with Crippen molar-refractivity contribution < 1.29 is 31.1 Å². The fraction of sp³-hybridized carbons (Fsp3) is 0.333. The van der Waals surface area contributed by atoms with Crippen LogP contribution in [0.5, 0.6) is 0 Å². The lowest BCUT2D eigenvalue weighted by molar-refractivity contribution is -0.229. The lowest BCUT2D eigenvalue weighted by Gasteiger charge is -2.13. The predicted octanol–water partition coefficient (Wildman–Crippen LogP) is 1.48. The minimum absolute atomic E-state index is 0.124. The van der Waals surface area contributed by atoms with Crippen molar-refractivity contribution in [3.05, 3.63) is 17.5 Å². The van der Waals surface area contributed by atoms with E-state index < -0.39 is 34.3 Å². The van der Waals surface area contributed by atoms with Crippen molar-refractivity contribution >= 4 is 5.91 Å². The molecule has 10 heteroatoms. The lowest BCUT2D eigenvalue weighted by Crippen LogP contribution is -2.27. The summed E-state index contributed by atoms with van der Waals surface area (Å²) in [7, 11) is 0. The number of rotatable bonds is 1. The first-order valence-electron chi connectivity index (χ1n) is 3.57. The zero-order chi connectivity index (χ0) is 12.7. The maximum atomic E-state index is 12.3. The van der Waals surface area contributed by atoms with E-state index in [1.807, 2.05) is 0 Å². The maximum Gasteiger partial charge on any atom is 0.505 e. The Morgan fingerprint density at radius 3 is 2.06 bits per heavy atom. The molecule has 0 saturated carbocycles. The van der Waals surface area contributed by atoms with Gasteiger partial charge in [-0.1, -0.05) is 0 Å². The topological polar surface area (TPSA) is 60.9 Å². The number of nitrogens with zero attached hydrogens (tertiary/aromatic N) is 2. The second-order valence-electron chi connectivity index (χ2n) is 2.65. The van der Waals surface area contributed by atoms with E-state index in [-0.39, 0.29) is 6.20 Å². The minimum Gasteiger partial charge on any atom is -0.365 e. The van der Waals surface area contributed by atoms with Crippen molar-refractivity contribution in [2.45, 2.75) is 12.5 Å². The highest BCUT2D eigenvalue weighted by atomic mass is 19.4. The Morgan fingerprint density at radius 2 is 1.75 bits per heavy atom. The largest absolute Gasteiger partial charge is 0.505 e. The van der Waals surface area contributed by atoms with Gasteiger partial charge in [0.1, 0.15) is 0 Å². The molecule has 0 aliphatic rings. The standard InChI is InChI=1S/C6H3F6N3O/c7-5(8,9)3-2(4(13)16)1-14-15(3)6(10,11)12/h1H,(H2,13,16). The predicted molar refractivity (Wildman–Crippen MR) is 37.0 cm³/mol. The van der Waals surface area contributed by atoms with Gasteiger partial charge >= 0.3 is 12.5 Å². The number of hydrogen-bond acceptors (Lipinski definition) is 2. The van der Waals surface area contributed by atoms with Crippen LogP contribution in [0.4, 0.5) is 26.3 Å². The van der Waals surface area contributed by atoms with Crippen LogP contribution in [0.1, 0.15) is 16.1 Å². The molecule has 1 aromatic rings. The number of nitrogens with two attached hydrogens (primary N) is 1. The highest BCUT2D eigenvalue weighted by Crippen LogP contribution is 2.36. The summed E-state index contributed by atoms with van der Waals surface area (Å²) in [6.45, 7) is 0. The van der Waals surface area contributed by atoms with Crippen molar-refractivity contribution in [2.24, 2.45) is 5.73 Å². The van der Waals surface area contributed by atoms with Crippen LogP contribution >= 0.6 is 0 Å². The Labute approximate surface area is 83.6 Å². The number of halogens is 6. The molecule has 0 saturated heterocycles. The SMILES string of the molecule is NC(=O)c1cnn(C(F)(F)F)c1C(F)(F)F. The molecule has 0 aliphatic heterocycles. The molecule has 1 heterocycles. The van der Waals surface area contributed by atoms with Gasteiger partial charge in [0, 0.05) is 0 Å². The first kappa shape index (κ1) is 12.3. The quantitative estimate of drug-likeness (QED) is 0.764. The van der Waals surface area contributed by atoms with E-state index in [2.05, 4.69) is 10.8 Å². The molecule has 2 N–H and O–H groups in total. The Bertz CT molecular complexity index is 417. The third-order valence-electron chi connectivity index (χ3n) is 1.54. The van der Waals surface area contributed by atoms with Gasteiger partial charge in [0.05, 0.1) is 11.8 Å². The van der Waals surface area contributed by atoms with Gasteiger partial charge in [-0.2, -0.15) is 23.0 Å². The lowest BCUT2D eigenvalue weighted by atomic mass is 10.2. The summed E-state index contributed by atoms with van der Waals surface area (Å²) in [4.78, 5) is 10.5. The van der Waals surface area contributed by atoms with E-state index in [0.29, 0.717) is 0 Å². The highest BCUT2D eigenvalue weighted by molar-refractivity contribution is 5.93. The van der Waals surface area contributed by atoms with Gasteiger partial charge in [-0.15, -0.1) is 13.2 Å². The average Bonchev–Trinajstić information content (AvgIpc) is 2.43. The molecule has 1 amide bonds. The molecule has 90 valence electrons. The molecule has 0 atom stereocenters. The van der Waals surface area contributed by atoms with E-state index in [1.165, 1.54) is 0 Å². The van der Waals surface area contributed by atoms with Gasteiger partial charge < -0.3 is 5.73 Å². The normalized spacial score (nSPS) is 12.9. The number of primary amides is 1. The molecule has 16 heavy (non-hydrogen) atoms. The molecule has 0 aliphatic carbocycles. The third-order valence-corrected chi connectivity index (χ3v) is 1.54. The van der Waals surface area contributed by atoms with Crippen LogP contribution in [0.3, 0.4) is 0 Å². The summed E-state index contributed by atoms with van der Waals surface area (Å²) in [5, 5.41) is 2.45. The summed E-state index contributed by atoms with van der Waals surface area (Å²) in [5.74, 6) is -1.64. The summed E-state index contributed by atoms with van der Waals surface area (Å²) >= 11 is 0. The smallest absolute Gasteiger partial charge is 0.365 e. The van der Waals surface area contributed by atoms with Gasteiger partial charge in [0.15, 0.2) is 5.69 Å². The Kier molecular flexibility index (Phi) is 2.61. The molecule has 0 fully saturated rings. The van der Waals surface area contributed by atoms with Crippen molar-refractivity contribution in [3.8, 4) is 0 Å². The van der Waals surface area contributed by atoms with Gasteiger partial charge in [-0.05, 0) is 0 Å². The number of amides is 1. The molecule has 0 unspecified atom stereocenters. The molecule has 1 rings (SSSR count). The first-order chi connectivity index (χ1) is 7.05.